The first-order chi connectivity index (χ1) is 17.0. The van der Waals surface area contributed by atoms with Crippen LogP contribution in [0.15, 0.2) is 89.1 Å². The van der Waals surface area contributed by atoms with Crippen LogP contribution in [-0.2, 0) is 11.3 Å². The number of hydrogen-bond acceptors (Lipinski definition) is 7. The Balaban J connectivity index is 1.47. The van der Waals surface area contributed by atoms with E-state index in [0.717, 1.165) is 17.2 Å². The van der Waals surface area contributed by atoms with Gasteiger partial charge in [-0.25, -0.2) is 5.43 Å². The largest absolute Gasteiger partial charge is 0.507 e. The number of para-hydroxylation sites is 2. The highest BCUT2D eigenvalue weighted by Crippen LogP contribution is 2.26. The second-order valence-corrected chi connectivity index (χ2v) is 9.15. The van der Waals surface area contributed by atoms with Gasteiger partial charge in [0, 0.05) is 16.9 Å². The molecule has 0 aliphatic rings. The Morgan fingerprint density at radius 3 is 2.51 bits per heavy atom. The molecule has 35 heavy (non-hydrogen) atoms. The molecule has 0 aliphatic carbocycles. The molecule has 0 radical (unpaired) electrons. The molecule has 3 aromatic carbocycles. The number of nitrogens with one attached hydrogen (secondary N) is 2. The molecule has 0 fully saturated rings. The number of carbonyl (C=O) groups excluding carboxylic acids is 1. The molecular formula is C26H26N6O2S. The molecule has 0 spiro atoms. The van der Waals surface area contributed by atoms with Crippen molar-refractivity contribution in [1.29, 1.82) is 0 Å². The number of aromatic nitrogens is 3. The third-order valence-corrected chi connectivity index (χ3v) is 6.23. The lowest BCUT2D eigenvalue weighted by molar-refractivity contribution is -0.120. The van der Waals surface area contributed by atoms with Crippen molar-refractivity contribution < 1.29 is 9.90 Å². The molecule has 1 amide bonds. The van der Waals surface area contributed by atoms with Crippen molar-refractivity contribution in [3.63, 3.8) is 0 Å². The Morgan fingerprint density at radius 1 is 1.06 bits per heavy atom. The van der Waals surface area contributed by atoms with Crippen molar-refractivity contribution in [3.8, 4) is 11.4 Å². The average Bonchev–Trinajstić information content (AvgIpc) is 3.27. The summed E-state index contributed by atoms with van der Waals surface area (Å²) in [6.07, 6.45) is 1.41. The smallest absolute Gasteiger partial charge is 0.253 e. The maximum Gasteiger partial charge on any atom is 0.253 e. The number of aromatic hydroxyl groups is 1. The van der Waals surface area contributed by atoms with Crippen LogP contribution in [0.3, 0.4) is 0 Å². The first-order valence-corrected chi connectivity index (χ1v) is 12.0. The zero-order valence-corrected chi connectivity index (χ0v) is 20.2. The lowest BCUT2D eigenvalue weighted by Crippen LogP contribution is -2.27. The Bertz CT molecular complexity index is 1310. The van der Waals surface area contributed by atoms with Crippen LogP contribution in [0.5, 0.6) is 5.75 Å². The summed E-state index contributed by atoms with van der Waals surface area (Å²) >= 11 is 1.29. The van der Waals surface area contributed by atoms with Gasteiger partial charge in [-0.1, -0.05) is 59.8 Å². The summed E-state index contributed by atoms with van der Waals surface area (Å²) in [5.74, 6) is 0.531. The number of phenols is 1. The maximum atomic E-state index is 12.6. The molecule has 178 valence electrons. The monoisotopic (exact) mass is 486 g/mol. The number of rotatable bonds is 9. The Kier molecular flexibility index (Phi) is 7.79. The molecule has 0 saturated carbocycles. The minimum absolute atomic E-state index is 0.0932. The van der Waals surface area contributed by atoms with Gasteiger partial charge in [0.2, 0.25) is 0 Å². The highest BCUT2D eigenvalue weighted by molar-refractivity contribution is 8.00. The van der Waals surface area contributed by atoms with Crippen molar-refractivity contribution in [2.45, 2.75) is 30.8 Å². The van der Waals surface area contributed by atoms with E-state index in [-0.39, 0.29) is 11.7 Å². The molecule has 3 N–H and O–H groups in total. The van der Waals surface area contributed by atoms with E-state index in [9.17, 15) is 9.90 Å². The number of aryl methyl sites for hydroxylation is 1. The van der Waals surface area contributed by atoms with E-state index in [1.807, 2.05) is 66.1 Å². The van der Waals surface area contributed by atoms with E-state index >= 15 is 0 Å². The van der Waals surface area contributed by atoms with Crippen molar-refractivity contribution in [2.75, 3.05) is 5.32 Å². The predicted molar refractivity (Wildman–Crippen MR) is 139 cm³/mol. The molecule has 1 unspecified atom stereocenters. The van der Waals surface area contributed by atoms with Crippen LogP contribution < -0.4 is 10.7 Å². The number of amides is 1. The lowest BCUT2D eigenvalue weighted by Gasteiger charge is -2.13. The topological polar surface area (TPSA) is 104 Å². The summed E-state index contributed by atoms with van der Waals surface area (Å²) in [6, 6.07) is 24.7. The molecule has 0 saturated heterocycles. The number of hydrazone groups is 1. The highest BCUT2D eigenvalue weighted by Gasteiger charge is 2.21. The van der Waals surface area contributed by atoms with E-state index in [4.69, 9.17) is 0 Å². The van der Waals surface area contributed by atoms with Gasteiger partial charge in [-0.15, -0.1) is 10.2 Å². The van der Waals surface area contributed by atoms with Gasteiger partial charge in [0.05, 0.1) is 18.0 Å². The van der Waals surface area contributed by atoms with Gasteiger partial charge in [0.25, 0.3) is 5.91 Å². The van der Waals surface area contributed by atoms with Crippen molar-refractivity contribution in [2.24, 2.45) is 5.10 Å². The standard InChI is InChI=1S/C26H26N6O2S/c1-18-12-14-21(15-13-18)27-17-24-29-31-26(32(24)22-9-4-3-5-10-22)35-19(2)25(34)30-28-16-20-8-6-7-11-23(20)33/h3-16,19,27,33H,17H2,1-2H3,(H,30,34). The van der Waals surface area contributed by atoms with Gasteiger partial charge in [-0.2, -0.15) is 5.10 Å². The quantitative estimate of drug-likeness (QED) is 0.182. The number of carbonyl (C=O) groups is 1. The third-order valence-electron chi connectivity index (χ3n) is 5.18. The van der Waals surface area contributed by atoms with Gasteiger partial charge in [0.1, 0.15) is 5.75 Å². The summed E-state index contributed by atoms with van der Waals surface area (Å²) in [5, 5.41) is 26.0. The molecule has 1 atom stereocenters. The normalized spacial score (nSPS) is 11.9. The minimum Gasteiger partial charge on any atom is -0.507 e. The van der Waals surface area contributed by atoms with E-state index in [0.29, 0.717) is 17.3 Å². The van der Waals surface area contributed by atoms with E-state index < -0.39 is 5.25 Å². The summed E-state index contributed by atoms with van der Waals surface area (Å²) in [5.41, 5.74) is 6.13. The van der Waals surface area contributed by atoms with Crippen LogP contribution in [0, 0.1) is 6.92 Å². The van der Waals surface area contributed by atoms with Crippen LogP contribution in [0.25, 0.3) is 5.69 Å². The minimum atomic E-state index is -0.485. The fourth-order valence-electron chi connectivity index (χ4n) is 3.24. The van der Waals surface area contributed by atoms with E-state index in [1.165, 1.54) is 23.5 Å². The third kappa shape index (κ3) is 6.27. The van der Waals surface area contributed by atoms with Gasteiger partial charge in [-0.05, 0) is 50.2 Å². The molecular weight excluding hydrogens is 460 g/mol. The van der Waals surface area contributed by atoms with Crippen LogP contribution in [0.1, 0.15) is 23.9 Å². The van der Waals surface area contributed by atoms with Crippen molar-refractivity contribution >= 4 is 29.6 Å². The highest BCUT2D eigenvalue weighted by atomic mass is 32.2. The molecule has 8 nitrogen and oxygen atoms in total. The molecule has 1 heterocycles. The zero-order chi connectivity index (χ0) is 24.6. The van der Waals surface area contributed by atoms with Gasteiger partial charge in [-0.3, -0.25) is 9.36 Å². The summed E-state index contributed by atoms with van der Waals surface area (Å²) < 4.78 is 1.95. The Labute approximate surface area is 208 Å². The second kappa shape index (κ2) is 11.3. The fraction of sp³-hybridized carbons (Fsp3) is 0.154. The molecule has 4 aromatic rings. The molecule has 0 bridgehead atoms. The summed E-state index contributed by atoms with van der Waals surface area (Å²) in [4.78, 5) is 12.6. The summed E-state index contributed by atoms with van der Waals surface area (Å²) in [7, 11) is 0. The molecule has 9 heteroatoms. The summed E-state index contributed by atoms with van der Waals surface area (Å²) in [6.45, 7) is 4.30. The fourth-order valence-corrected chi connectivity index (χ4v) is 4.12. The number of nitrogens with zero attached hydrogens (tertiary/aromatic N) is 4. The Morgan fingerprint density at radius 2 is 1.77 bits per heavy atom. The lowest BCUT2D eigenvalue weighted by atomic mass is 10.2. The van der Waals surface area contributed by atoms with Crippen LogP contribution in [0.4, 0.5) is 5.69 Å². The van der Waals surface area contributed by atoms with Crippen molar-refractivity contribution in [3.05, 3.63) is 95.8 Å². The van der Waals surface area contributed by atoms with Crippen LogP contribution in [0.2, 0.25) is 0 Å². The molecule has 4 rings (SSSR count). The number of thioether (sulfide) groups is 1. The van der Waals surface area contributed by atoms with E-state index in [1.54, 1.807) is 31.2 Å². The Hall–Kier alpha value is -4.11. The number of anilines is 1. The van der Waals surface area contributed by atoms with Crippen LogP contribution in [-0.4, -0.2) is 37.2 Å². The molecule has 0 aliphatic heterocycles. The van der Waals surface area contributed by atoms with E-state index in [2.05, 4.69) is 26.0 Å². The zero-order valence-electron chi connectivity index (χ0n) is 19.4. The first kappa shape index (κ1) is 24.0. The van der Waals surface area contributed by atoms with Gasteiger partial charge in [0.15, 0.2) is 11.0 Å². The number of benzene rings is 3. The predicted octanol–water partition coefficient (Wildman–Crippen LogP) is 4.52. The SMILES string of the molecule is Cc1ccc(NCc2nnc(SC(C)C(=O)NN=Cc3ccccc3O)n2-c2ccccc2)cc1. The number of phenolic OH excluding ortho intramolecular Hbond substituents is 1. The van der Waals surface area contributed by atoms with Gasteiger partial charge < -0.3 is 10.4 Å². The second-order valence-electron chi connectivity index (χ2n) is 7.84. The maximum absolute atomic E-state index is 12.6. The average molecular weight is 487 g/mol. The van der Waals surface area contributed by atoms with Crippen molar-refractivity contribution in [1.82, 2.24) is 20.2 Å². The first-order valence-electron chi connectivity index (χ1n) is 11.1. The number of hydrogen-bond donors (Lipinski definition) is 3. The van der Waals surface area contributed by atoms with Gasteiger partial charge >= 0.3 is 0 Å². The van der Waals surface area contributed by atoms with Crippen LogP contribution >= 0.6 is 11.8 Å². The molecule has 1 aromatic heterocycles.